The third kappa shape index (κ3) is 11.0. The Balaban J connectivity index is 1.52. The smallest absolute Gasteiger partial charge is 0.408 e. The number of carbonyl (C=O) groups excluding carboxylic acids is 1. The van der Waals surface area contributed by atoms with E-state index in [2.05, 4.69) is 35.6 Å². The summed E-state index contributed by atoms with van der Waals surface area (Å²) in [7, 11) is -10.8. The Hall–Kier alpha value is -3.45. The normalized spacial score (nSPS) is 25.7. The van der Waals surface area contributed by atoms with Gasteiger partial charge in [0.05, 0.1) is 44.7 Å². The second-order valence-electron chi connectivity index (χ2n) is 15.6. The summed E-state index contributed by atoms with van der Waals surface area (Å²) in [6, 6.07) is 3.32. The maximum atomic E-state index is 14.8. The first kappa shape index (κ1) is 44.6. The topological polar surface area (TPSA) is 284 Å². The first-order valence-corrected chi connectivity index (χ1v) is 24.1. The molecule has 3 aromatic rings. The van der Waals surface area contributed by atoms with Crippen LogP contribution < -0.4 is 16.2 Å². The fourth-order valence-electron chi connectivity index (χ4n) is 6.16. The molecule has 1 aliphatic carbocycles. The van der Waals surface area contributed by atoms with Crippen LogP contribution in [0.1, 0.15) is 60.1 Å². The average molecular weight is 856 g/mol. The van der Waals surface area contributed by atoms with Crippen molar-refractivity contribution in [3.63, 3.8) is 0 Å². The standard InChI is InChI=1S/C33H51N9O12P2Si/c1-19(2)29(44)40-32-39-28-25(30(45)41-32)37-18-42(28)31-27(26(23(15-43)51-31)54-57(6,7)33(3,4)5)53-56(48,49-12-8-10-34)50-16-20-13-21(14-22(20)52-55(46)47)38-24-9-11-35-17-36-24/h9,11,17-23,26-27,31,43,55H,8,12-16H2,1-7H3,(H,46,47)(H,35,36,38)(H2,39,40,41,44,45)/t20-,21-,22+,23-,26-,27-,31-,56?/m1/s1. The van der Waals surface area contributed by atoms with Crippen molar-refractivity contribution in [2.75, 3.05) is 30.5 Å². The van der Waals surface area contributed by atoms with Gasteiger partial charge in [-0.1, -0.05) is 34.6 Å². The van der Waals surface area contributed by atoms with Crippen LogP contribution in [0.4, 0.5) is 11.8 Å². The molecule has 57 heavy (non-hydrogen) atoms. The van der Waals surface area contributed by atoms with Crippen LogP contribution in [0.3, 0.4) is 0 Å². The molecule has 0 spiro atoms. The Labute approximate surface area is 330 Å². The van der Waals surface area contributed by atoms with E-state index in [9.17, 15) is 34.0 Å². The van der Waals surface area contributed by atoms with Gasteiger partial charge in [-0.25, -0.2) is 19.5 Å². The number of rotatable bonds is 18. The third-order valence-corrected chi connectivity index (χ3v) is 16.6. The maximum absolute atomic E-state index is 14.8. The van der Waals surface area contributed by atoms with Crippen molar-refractivity contribution in [2.45, 2.75) is 109 Å². The molecule has 5 rings (SSSR count). The molecule has 1 saturated carbocycles. The number of hydrogen-bond acceptors (Lipinski definition) is 17. The number of aliphatic hydroxyl groups excluding tert-OH is 1. The lowest BCUT2D eigenvalue weighted by Gasteiger charge is -2.40. The number of hydrogen-bond donors (Lipinski definition) is 5. The summed E-state index contributed by atoms with van der Waals surface area (Å²) >= 11 is 0. The monoisotopic (exact) mass is 855 g/mol. The molecule has 4 heterocycles. The van der Waals surface area contributed by atoms with E-state index in [1.807, 2.05) is 39.9 Å². The third-order valence-electron chi connectivity index (χ3n) is 10.2. The van der Waals surface area contributed by atoms with E-state index in [-0.39, 0.29) is 54.2 Å². The summed E-state index contributed by atoms with van der Waals surface area (Å²) in [5.41, 5.74) is -0.810. The molecular weight excluding hydrogens is 804 g/mol. The van der Waals surface area contributed by atoms with Gasteiger partial charge in [-0.2, -0.15) is 10.2 Å². The number of ether oxygens (including phenoxy) is 1. The summed E-state index contributed by atoms with van der Waals surface area (Å²) in [4.78, 5) is 54.6. The van der Waals surface area contributed by atoms with Crippen LogP contribution in [0.15, 0.2) is 29.7 Å². The van der Waals surface area contributed by atoms with Crippen molar-refractivity contribution in [2.24, 2.45) is 11.8 Å². The van der Waals surface area contributed by atoms with Gasteiger partial charge in [0.25, 0.3) is 5.56 Å². The lowest BCUT2D eigenvalue weighted by molar-refractivity contribution is -0.118. The van der Waals surface area contributed by atoms with Crippen LogP contribution in [0, 0.1) is 23.2 Å². The molecular formula is C33H51N9O12P2Si. The van der Waals surface area contributed by atoms with Gasteiger partial charge in [-0.3, -0.25) is 42.6 Å². The van der Waals surface area contributed by atoms with E-state index < -0.39 is 84.9 Å². The minimum atomic E-state index is -4.71. The van der Waals surface area contributed by atoms with Crippen LogP contribution in [0.5, 0.6) is 0 Å². The average Bonchev–Trinajstić information content (AvgIpc) is 3.82. The Morgan fingerprint density at radius 3 is 2.63 bits per heavy atom. The molecule has 0 radical (unpaired) electrons. The number of nitrogens with one attached hydrogen (secondary N) is 3. The van der Waals surface area contributed by atoms with Crippen molar-refractivity contribution < 1.29 is 51.2 Å². The Bertz CT molecular complexity index is 2030. The minimum absolute atomic E-state index is 0.0328. The van der Waals surface area contributed by atoms with Crippen molar-refractivity contribution >= 4 is 53.2 Å². The van der Waals surface area contributed by atoms with Crippen LogP contribution in [0.25, 0.3) is 11.2 Å². The Morgan fingerprint density at radius 1 is 1.25 bits per heavy atom. The fraction of sp³-hybridized carbons (Fsp3) is 0.667. The van der Waals surface area contributed by atoms with Crippen LogP contribution >= 0.6 is 16.1 Å². The maximum Gasteiger partial charge on any atom is 0.475 e. The van der Waals surface area contributed by atoms with Gasteiger partial charge >= 0.3 is 16.1 Å². The number of aliphatic hydroxyl groups is 1. The molecule has 1 amide bonds. The number of phosphoric acid groups is 1. The molecule has 0 bridgehead atoms. The molecule has 2 unspecified atom stereocenters. The zero-order valence-corrected chi connectivity index (χ0v) is 35.7. The van der Waals surface area contributed by atoms with Crippen molar-refractivity contribution in [3.05, 3.63) is 35.3 Å². The van der Waals surface area contributed by atoms with E-state index in [1.54, 1.807) is 26.1 Å². The molecule has 5 N–H and O–H groups in total. The molecule has 21 nitrogen and oxygen atoms in total. The zero-order valence-electron chi connectivity index (χ0n) is 32.8. The number of H-pyrrole nitrogens is 1. The molecule has 0 aromatic carbocycles. The molecule has 2 aliphatic rings. The molecule has 3 aromatic heterocycles. The number of aromatic amines is 1. The Morgan fingerprint density at radius 2 is 2.00 bits per heavy atom. The predicted octanol–water partition coefficient (Wildman–Crippen LogP) is 3.88. The second kappa shape index (κ2) is 18.6. The number of phosphoric ester groups is 1. The van der Waals surface area contributed by atoms with Crippen molar-refractivity contribution in [1.29, 1.82) is 5.26 Å². The fourth-order valence-corrected chi connectivity index (χ4v) is 9.43. The number of nitrogens with zero attached hydrogens (tertiary/aromatic N) is 6. The highest BCUT2D eigenvalue weighted by Gasteiger charge is 2.54. The van der Waals surface area contributed by atoms with Gasteiger partial charge in [0.15, 0.2) is 25.7 Å². The molecule has 314 valence electrons. The number of anilines is 2. The number of amides is 1. The minimum Gasteiger partial charge on any atom is -0.408 e. The highest BCUT2D eigenvalue weighted by atomic mass is 31.2. The van der Waals surface area contributed by atoms with E-state index in [4.69, 9.17) is 27.3 Å². The molecule has 2 fully saturated rings. The van der Waals surface area contributed by atoms with Crippen LogP contribution in [0.2, 0.25) is 18.1 Å². The van der Waals surface area contributed by atoms with Gasteiger partial charge in [0.2, 0.25) is 11.9 Å². The molecule has 1 aliphatic heterocycles. The number of fused-ring (bicyclic) bond motifs is 1. The number of imidazole rings is 1. The summed E-state index contributed by atoms with van der Waals surface area (Å²) in [5, 5.41) is 25.4. The SMILES string of the molecule is CC(C)C(=O)Nc1nc2c(ncn2[C@@H]2O[C@H](CO)[C@@H](O[Si](C)(C)C(C)(C)C)[C@H]2OP(=O)(OCCC#N)OC[C@H]2C[C@@H](Nc3ccncn3)C[C@@H]2O[PH](=O)O)c(=O)[nH]1. The van der Waals surface area contributed by atoms with Gasteiger partial charge in [-0.15, -0.1) is 0 Å². The van der Waals surface area contributed by atoms with Gasteiger partial charge in [0, 0.05) is 24.1 Å². The number of aromatic nitrogens is 6. The molecule has 9 atom stereocenters. The quantitative estimate of drug-likeness (QED) is 0.0689. The molecule has 1 saturated heterocycles. The predicted molar refractivity (Wildman–Crippen MR) is 208 cm³/mol. The van der Waals surface area contributed by atoms with E-state index >= 15 is 0 Å². The molecule has 24 heteroatoms. The first-order valence-electron chi connectivity index (χ1n) is 18.4. The first-order chi connectivity index (χ1) is 26.8. The van der Waals surface area contributed by atoms with E-state index in [0.717, 1.165) is 0 Å². The zero-order chi connectivity index (χ0) is 41.7. The second-order valence-corrected chi connectivity index (χ2v) is 22.8. The Kier molecular flexibility index (Phi) is 14.6. The van der Waals surface area contributed by atoms with Crippen molar-refractivity contribution in [3.8, 4) is 6.07 Å². The summed E-state index contributed by atoms with van der Waals surface area (Å²) in [6.45, 7) is 12.1. The lowest BCUT2D eigenvalue weighted by atomic mass is 10.1. The summed E-state index contributed by atoms with van der Waals surface area (Å²) in [6.07, 6.45) is -1.01. The largest absolute Gasteiger partial charge is 0.475 e. The van der Waals surface area contributed by atoms with Gasteiger partial charge in [0.1, 0.15) is 30.5 Å². The summed E-state index contributed by atoms with van der Waals surface area (Å²) < 4.78 is 64.6. The van der Waals surface area contributed by atoms with Crippen molar-refractivity contribution in [1.82, 2.24) is 29.5 Å². The van der Waals surface area contributed by atoms with Gasteiger partial charge in [-0.05, 0) is 37.0 Å². The van der Waals surface area contributed by atoms with Gasteiger partial charge < -0.3 is 29.0 Å². The van der Waals surface area contributed by atoms with Crippen LogP contribution in [-0.4, -0.2) is 104 Å². The summed E-state index contributed by atoms with van der Waals surface area (Å²) in [5.74, 6) is -1.06. The number of nitriles is 1. The lowest BCUT2D eigenvalue weighted by Crippen LogP contribution is -2.50. The highest BCUT2D eigenvalue weighted by molar-refractivity contribution is 7.48. The number of carbonyl (C=O) groups is 1. The van der Waals surface area contributed by atoms with Crippen LogP contribution in [-0.2, 0) is 41.2 Å². The van der Waals surface area contributed by atoms with E-state index in [1.165, 1.54) is 17.2 Å². The van der Waals surface area contributed by atoms with E-state index in [0.29, 0.717) is 12.2 Å². The highest BCUT2D eigenvalue weighted by Crippen LogP contribution is 2.56.